The molecule has 0 saturated carbocycles. The summed E-state index contributed by atoms with van der Waals surface area (Å²) in [6.45, 7) is 0. The highest BCUT2D eigenvalue weighted by Gasteiger charge is 2.16. The smallest absolute Gasteiger partial charge is 0.294 e. The summed E-state index contributed by atoms with van der Waals surface area (Å²) in [6, 6.07) is 14.1. The van der Waals surface area contributed by atoms with Crippen LogP contribution in [0, 0.1) is 0 Å². The minimum atomic E-state index is -4.46. The third kappa shape index (κ3) is 3.58. The van der Waals surface area contributed by atoms with E-state index in [4.69, 9.17) is 4.55 Å². The lowest BCUT2D eigenvalue weighted by molar-refractivity contribution is 0.471. The molecule has 0 fully saturated rings. The van der Waals surface area contributed by atoms with Gasteiger partial charge in [0.1, 0.15) is 5.75 Å². The Kier molecular flexibility index (Phi) is 4.15. The first-order chi connectivity index (χ1) is 11.7. The third-order valence-corrected chi connectivity index (χ3v) is 5.74. The number of nitrogens with one attached hydrogen (secondary N) is 1. The molecule has 3 aromatic rings. The van der Waals surface area contributed by atoms with Crippen LogP contribution in [0.3, 0.4) is 0 Å². The monoisotopic (exact) mass is 379 g/mol. The number of hydrogen-bond acceptors (Lipinski definition) is 5. The molecular weight excluding hydrogens is 366 g/mol. The van der Waals surface area contributed by atoms with Gasteiger partial charge in [-0.05, 0) is 35.7 Å². The van der Waals surface area contributed by atoms with Gasteiger partial charge in [-0.2, -0.15) is 8.42 Å². The molecule has 3 rings (SSSR count). The summed E-state index contributed by atoms with van der Waals surface area (Å²) in [5, 5.41) is 10.6. The molecule has 130 valence electrons. The van der Waals surface area contributed by atoms with E-state index in [-0.39, 0.29) is 16.0 Å². The average Bonchev–Trinajstić information content (AvgIpc) is 2.55. The molecule has 3 aromatic carbocycles. The van der Waals surface area contributed by atoms with Gasteiger partial charge in [0.15, 0.2) is 0 Å². The Hall–Kier alpha value is -2.62. The molecule has 0 unspecified atom stereocenters. The summed E-state index contributed by atoms with van der Waals surface area (Å²) < 4.78 is 58.5. The van der Waals surface area contributed by atoms with Crippen molar-refractivity contribution in [3.05, 3.63) is 60.7 Å². The van der Waals surface area contributed by atoms with E-state index in [1.54, 1.807) is 18.2 Å². The fraction of sp³-hybridized carbons (Fsp3) is 0. The van der Waals surface area contributed by atoms with Gasteiger partial charge in [-0.1, -0.05) is 24.3 Å². The van der Waals surface area contributed by atoms with Crippen molar-refractivity contribution in [2.75, 3.05) is 4.72 Å². The standard InChI is InChI=1S/C16H13NO6S2/c18-16-10-14(25(21,22)23)8-11-6-7-12(9-15(11)16)17-24(19,20)13-4-2-1-3-5-13/h1-10,17-18H,(H,21,22,23). The summed E-state index contributed by atoms with van der Waals surface area (Å²) in [7, 11) is -8.26. The molecule has 0 saturated heterocycles. The van der Waals surface area contributed by atoms with Crippen molar-refractivity contribution in [2.45, 2.75) is 9.79 Å². The van der Waals surface area contributed by atoms with Gasteiger partial charge in [-0.25, -0.2) is 8.42 Å². The summed E-state index contributed by atoms with van der Waals surface area (Å²) in [5.41, 5.74) is 0.200. The minimum Gasteiger partial charge on any atom is -0.507 e. The average molecular weight is 379 g/mol. The van der Waals surface area contributed by atoms with Crippen molar-refractivity contribution in [3.8, 4) is 5.75 Å². The van der Waals surface area contributed by atoms with Crippen LogP contribution in [-0.4, -0.2) is 26.5 Å². The first-order valence-corrected chi connectivity index (χ1v) is 9.91. The van der Waals surface area contributed by atoms with Crippen LogP contribution in [-0.2, 0) is 20.1 Å². The predicted octanol–water partition coefficient (Wildman–Crippen LogP) is 2.59. The highest BCUT2D eigenvalue weighted by atomic mass is 32.2. The van der Waals surface area contributed by atoms with Crippen LogP contribution in [0.4, 0.5) is 5.69 Å². The van der Waals surface area contributed by atoms with Gasteiger partial charge < -0.3 is 5.11 Å². The zero-order valence-electron chi connectivity index (χ0n) is 12.6. The molecule has 0 heterocycles. The molecule has 0 aromatic heterocycles. The second kappa shape index (κ2) is 6.03. The molecule has 7 nitrogen and oxygen atoms in total. The van der Waals surface area contributed by atoms with E-state index in [1.165, 1.54) is 36.4 Å². The van der Waals surface area contributed by atoms with Gasteiger partial charge in [-0.15, -0.1) is 0 Å². The van der Waals surface area contributed by atoms with Crippen molar-refractivity contribution < 1.29 is 26.5 Å². The molecule has 0 aliphatic heterocycles. The number of rotatable bonds is 4. The normalized spacial score (nSPS) is 12.2. The zero-order chi connectivity index (χ0) is 18.2. The number of hydrogen-bond donors (Lipinski definition) is 3. The first kappa shape index (κ1) is 17.2. The van der Waals surface area contributed by atoms with Gasteiger partial charge >= 0.3 is 0 Å². The maximum absolute atomic E-state index is 12.3. The van der Waals surface area contributed by atoms with Crippen LogP contribution < -0.4 is 4.72 Å². The minimum absolute atomic E-state index is 0.0843. The fourth-order valence-corrected chi connectivity index (χ4v) is 3.94. The molecule has 0 bridgehead atoms. The van der Waals surface area contributed by atoms with E-state index in [1.807, 2.05) is 0 Å². The number of fused-ring (bicyclic) bond motifs is 1. The summed E-state index contributed by atoms with van der Waals surface area (Å²) in [4.78, 5) is -0.365. The summed E-state index contributed by atoms with van der Waals surface area (Å²) in [6.07, 6.45) is 0. The summed E-state index contributed by atoms with van der Waals surface area (Å²) in [5.74, 6) is -0.397. The van der Waals surface area contributed by atoms with Gasteiger partial charge in [0, 0.05) is 17.1 Å². The second-order valence-electron chi connectivity index (χ2n) is 5.27. The first-order valence-electron chi connectivity index (χ1n) is 6.99. The topological polar surface area (TPSA) is 121 Å². The quantitative estimate of drug-likeness (QED) is 0.599. The number of phenols is 1. The Bertz CT molecular complexity index is 1160. The van der Waals surface area contributed by atoms with Crippen LogP contribution in [0.15, 0.2) is 70.5 Å². The molecule has 25 heavy (non-hydrogen) atoms. The van der Waals surface area contributed by atoms with Gasteiger partial charge in [0.05, 0.1) is 9.79 Å². The van der Waals surface area contributed by atoms with Crippen molar-refractivity contribution in [1.82, 2.24) is 0 Å². The van der Waals surface area contributed by atoms with Gasteiger partial charge in [-0.3, -0.25) is 9.27 Å². The Morgan fingerprint density at radius 3 is 2.12 bits per heavy atom. The van der Waals surface area contributed by atoms with Crippen molar-refractivity contribution in [1.29, 1.82) is 0 Å². The molecule has 0 amide bonds. The van der Waals surface area contributed by atoms with Gasteiger partial charge in [0.25, 0.3) is 20.1 Å². The van der Waals surface area contributed by atoms with Crippen LogP contribution in [0.25, 0.3) is 10.8 Å². The predicted molar refractivity (Wildman–Crippen MR) is 92.7 cm³/mol. The fourth-order valence-electron chi connectivity index (χ4n) is 2.34. The van der Waals surface area contributed by atoms with Gasteiger partial charge in [0.2, 0.25) is 0 Å². The highest BCUT2D eigenvalue weighted by Crippen LogP contribution is 2.31. The maximum atomic E-state index is 12.3. The Balaban J connectivity index is 2.04. The van der Waals surface area contributed by atoms with E-state index >= 15 is 0 Å². The van der Waals surface area contributed by atoms with Crippen LogP contribution in [0.5, 0.6) is 5.75 Å². The highest BCUT2D eigenvalue weighted by molar-refractivity contribution is 7.92. The van der Waals surface area contributed by atoms with E-state index in [2.05, 4.69) is 4.72 Å². The Labute approximate surface area is 144 Å². The molecular formula is C16H13NO6S2. The zero-order valence-corrected chi connectivity index (χ0v) is 14.3. The number of sulfonamides is 1. The SMILES string of the molecule is O=S(=O)(O)c1cc(O)c2cc(NS(=O)(=O)c3ccccc3)ccc2c1. The van der Waals surface area contributed by atoms with E-state index in [0.717, 1.165) is 6.07 Å². The van der Waals surface area contributed by atoms with Crippen LogP contribution >= 0.6 is 0 Å². The Morgan fingerprint density at radius 2 is 1.48 bits per heavy atom. The molecule has 0 aliphatic carbocycles. The third-order valence-electron chi connectivity index (χ3n) is 3.51. The molecule has 0 spiro atoms. The molecule has 0 aliphatic rings. The number of benzene rings is 3. The molecule has 3 N–H and O–H groups in total. The summed E-state index contributed by atoms with van der Waals surface area (Å²) >= 11 is 0. The van der Waals surface area contributed by atoms with E-state index in [0.29, 0.717) is 5.39 Å². The number of anilines is 1. The molecule has 0 atom stereocenters. The van der Waals surface area contributed by atoms with Crippen molar-refractivity contribution in [2.24, 2.45) is 0 Å². The maximum Gasteiger partial charge on any atom is 0.294 e. The van der Waals surface area contributed by atoms with Crippen molar-refractivity contribution >= 4 is 36.6 Å². The lowest BCUT2D eigenvalue weighted by Crippen LogP contribution is -2.12. The van der Waals surface area contributed by atoms with Crippen LogP contribution in [0.1, 0.15) is 0 Å². The molecule has 0 radical (unpaired) electrons. The largest absolute Gasteiger partial charge is 0.507 e. The number of phenolic OH excluding ortho intramolecular Hbond substituents is 1. The lowest BCUT2D eigenvalue weighted by Gasteiger charge is -2.10. The van der Waals surface area contributed by atoms with Crippen molar-refractivity contribution in [3.63, 3.8) is 0 Å². The Morgan fingerprint density at radius 1 is 0.800 bits per heavy atom. The number of aromatic hydroxyl groups is 1. The van der Waals surface area contributed by atoms with E-state index in [9.17, 15) is 21.9 Å². The lowest BCUT2D eigenvalue weighted by atomic mass is 10.1. The molecule has 9 heteroatoms. The second-order valence-corrected chi connectivity index (χ2v) is 8.38. The van der Waals surface area contributed by atoms with E-state index < -0.39 is 30.8 Å². The van der Waals surface area contributed by atoms with Crippen LogP contribution in [0.2, 0.25) is 0 Å².